The number of anilines is 3. The molecule has 0 heterocycles. The molecule has 0 unspecified atom stereocenters. The van der Waals surface area contributed by atoms with E-state index in [9.17, 15) is 0 Å². The zero-order valence-corrected chi connectivity index (χ0v) is 28.2. The van der Waals surface area contributed by atoms with Crippen molar-refractivity contribution >= 4 is 38.6 Å². The number of hydrogen-bond donors (Lipinski definition) is 0. The summed E-state index contributed by atoms with van der Waals surface area (Å²) >= 11 is 0. The highest BCUT2D eigenvalue weighted by molar-refractivity contribution is 6.13. The molecule has 9 aromatic carbocycles. The third-order valence-electron chi connectivity index (χ3n) is 9.87. The van der Waals surface area contributed by atoms with E-state index >= 15 is 0 Å². The standard InChI is InChI=1S/C50H35N/c1-4-14-36(15-5-1)37-24-26-38(27-25-37)41-30-33-50(49(34-41)39-16-6-2-7-17-39)51(43-19-8-3-9-20-43)44-31-28-40(29-32-44)48-35-42-18-10-11-21-45(42)46-22-12-13-23-47(46)48/h1-35H. The first-order valence-corrected chi connectivity index (χ1v) is 17.5. The summed E-state index contributed by atoms with van der Waals surface area (Å²) in [6.07, 6.45) is 0. The van der Waals surface area contributed by atoms with Gasteiger partial charge in [0.2, 0.25) is 0 Å². The highest BCUT2D eigenvalue weighted by Crippen LogP contribution is 2.44. The second-order valence-corrected chi connectivity index (χ2v) is 13.0. The van der Waals surface area contributed by atoms with Gasteiger partial charge in [0.05, 0.1) is 5.69 Å². The Balaban J connectivity index is 1.16. The summed E-state index contributed by atoms with van der Waals surface area (Å²) in [5.74, 6) is 0. The SMILES string of the molecule is c1ccc(-c2ccc(-c3ccc(N(c4ccccc4)c4ccc(-c5cc6ccccc6c6ccccc56)cc4)c(-c4ccccc4)c3)cc2)cc1. The first kappa shape index (κ1) is 30.4. The van der Waals surface area contributed by atoms with Gasteiger partial charge in [-0.25, -0.2) is 0 Å². The first-order valence-electron chi connectivity index (χ1n) is 17.5. The summed E-state index contributed by atoms with van der Waals surface area (Å²) in [7, 11) is 0. The van der Waals surface area contributed by atoms with Gasteiger partial charge in [-0.3, -0.25) is 0 Å². The molecule has 9 aromatic rings. The number of benzene rings is 9. The van der Waals surface area contributed by atoms with Crippen LogP contribution in [0.1, 0.15) is 0 Å². The quantitative estimate of drug-likeness (QED) is 0.155. The Kier molecular flexibility index (Phi) is 7.92. The molecule has 9 rings (SSSR count). The van der Waals surface area contributed by atoms with E-state index in [2.05, 4.69) is 217 Å². The van der Waals surface area contributed by atoms with Gasteiger partial charge in [-0.05, 0) is 103 Å². The van der Waals surface area contributed by atoms with E-state index in [-0.39, 0.29) is 0 Å². The Morgan fingerprint density at radius 3 is 1.39 bits per heavy atom. The molecule has 0 aromatic heterocycles. The fourth-order valence-electron chi connectivity index (χ4n) is 7.33. The number of fused-ring (bicyclic) bond motifs is 3. The third-order valence-corrected chi connectivity index (χ3v) is 9.87. The Labute approximate surface area is 299 Å². The van der Waals surface area contributed by atoms with Crippen LogP contribution in [0.2, 0.25) is 0 Å². The Morgan fingerprint density at radius 2 is 0.706 bits per heavy atom. The van der Waals surface area contributed by atoms with Crippen LogP contribution >= 0.6 is 0 Å². The normalized spacial score (nSPS) is 11.1. The molecule has 0 N–H and O–H groups in total. The monoisotopic (exact) mass is 649 g/mol. The lowest BCUT2D eigenvalue weighted by atomic mass is 9.93. The van der Waals surface area contributed by atoms with Crippen LogP contribution in [-0.4, -0.2) is 0 Å². The molecule has 0 aliphatic carbocycles. The molecule has 0 radical (unpaired) electrons. The average molecular weight is 650 g/mol. The summed E-state index contributed by atoms with van der Waals surface area (Å²) in [5, 5.41) is 5.08. The number of nitrogens with zero attached hydrogens (tertiary/aromatic N) is 1. The maximum absolute atomic E-state index is 2.38. The van der Waals surface area contributed by atoms with Crippen molar-refractivity contribution in [2.24, 2.45) is 0 Å². The number of rotatable bonds is 7. The fraction of sp³-hybridized carbons (Fsp3) is 0. The highest BCUT2D eigenvalue weighted by Gasteiger charge is 2.19. The summed E-state index contributed by atoms with van der Waals surface area (Å²) in [4.78, 5) is 2.38. The Hall–Kier alpha value is -6.70. The largest absolute Gasteiger partial charge is 0.310 e. The van der Waals surface area contributed by atoms with Crippen molar-refractivity contribution in [1.29, 1.82) is 0 Å². The molecular weight excluding hydrogens is 615 g/mol. The van der Waals surface area contributed by atoms with E-state index in [1.807, 2.05) is 0 Å². The summed E-state index contributed by atoms with van der Waals surface area (Å²) < 4.78 is 0. The molecule has 0 atom stereocenters. The maximum Gasteiger partial charge on any atom is 0.0540 e. The van der Waals surface area contributed by atoms with Crippen LogP contribution < -0.4 is 4.90 Å². The van der Waals surface area contributed by atoms with E-state index in [4.69, 9.17) is 0 Å². The Morgan fingerprint density at radius 1 is 0.255 bits per heavy atom. The first-order chi connectivity index (χ1) is 25.3. The number of hydrogen-bond acceptors (Lipinski definition) is 1. The van der Waals surface area contributed by atoms with Gasteiger partial charge >= 0.3 is 0 Å². The van der Waals surface area contributed by atoms with E-state index in [1.165, 1.54) is 66.1 Å². The maximum atomic E-state index is 2.38. The molecule has 0 amide bonds. The van der Waals surface area contributed by atoms with Crippen LogP contribution in [0.3, 0.4) is 0 Å². The topological polar surface area (TPSA) is 3.24 Å². The summed E-state index contributed by atoms with van der Waals surface area (Å²) in [6.45, 7) is 0. The molecule has 51 heavy (non-hydrogen) atoms. The van der Waals surface area contributed by atoms with Crippen molar-refractivity contribution < 1.29 is 0 Å². The van der Waals surface area contributed by atoms with Gasteiger partial charge in [-0.1, -0.05) is 170 Å². The zero-order chi connectivity index (χ0) is 34.0. The van der Waals surface area contributed by atoms with Gasteiger partial charge in [0.1, 0.15) is 0 Å². The van der Waals surface area contributed by atoms with E-state index in [0.717, 1.165) is 17.1 Å². The molecule has 0 saturated carbocycles. The molecule has 1 nitrogen and oxygen atoms in total. The van der Waals surface area contributed by atoms with Crippen molar-refractivity contribution in [3.8, 4) is 44.5 Å². The van der Waals surface area contributed by atoms with Crippen LogP contribution in [0.5, 0.6) is 0 Å². The van der Waals surface area contributed by atoms with Gasteiger partial charge in [-0.15, -0.1) is 0 Å². The van der Waals surface area contributed by atoms with E-state index < -0.39 is 0 Å². The van der Waals surface area contributed by atoms with Crippen molar-refractivity contribution in [2.75, 3.05) is 4.90 Å². The van der Waals surface area contributed by atoms with Gasteiger partial charge in [0.25, 0.3) is 0 Å². The van der Waals surface area contributed by atoms with Crippen LogP contribution in [0, 0.1) is 0 Å². The van der Waals surface area contributed by atoms with Crippen LogP contribution in [-0.2, 0) is 0 Å². The second kappa shape index (κ2) is 13.3. The Bertz CT molecular complexity index is 2590. The molecular formula is C50H35N. The van der Waals surface area contributed by atoms with Crippen LogP contribution in [0.15, 0.2) is 212 Å². The van der Waals surface area contributed by atoms with Crippen molar-refractivity contribution in [2.45, 2.75) is 0 Å². The highest BCUT2D eigenvalue weighted by atomic mass is 15.1. The van der Waals surface area contributed by atoms with Crippen molar-refractivity contribution in [3.05, 3.63) is 212 Å². The molecule has 0 aliphatic heterocycles. The second-order valence-electron chi connectivity index (χ2n) is 13.0. The molecule has 240 valence electrons. The summed E-state index contributed by atoms with van der Waals surface area (Å²) in [6, 6.07) is 76.6. The third kappa shape index (κ3) is 5.86. The minimum absolute atomic E-state index is 1.10. The van der Waals surface area contributed by atoms with Crippen molar-refractivity contribution in [1.82, 2.24) is 0 Å². The minimum Gasteiger partial charge on any atom is -0.310 e. The van der Waals surface area contributed by atoms with E-state index in [1.54, 1.807) is 0 Å². The molecule has 0 spiro atoms. The molecule has 0 saturated heterocycles. The van der Waals surface area contributed by atoms with Gasteiger partial charge in [-0.2, -0.15) is 0 Å². The van der Waals surface area contributed by atoms with E-state index in [0.29, 0.717) is 0 Å². The van der Waals surface area contributed by atoms with Crippen molar-refractivity contribution in [3.63, 3.8) is 0 Å². The van der Waals surface area contributed by atoms with Crippen LogP contribution in [0.4, 0.5) is 17.1 Å². The molecule has 0 bridgehead atoms. The minimum atomic E-state index is 1.10. The average Bonchev–Trinajstić information content (AvgIpc) is 3.22. The molecule has 1 heteroatoms. The molecule has 0 fully saturated rings. The fourth-order valence-corrected chi connectivity index (χ4v) is 7.33. The zero-order valence-electron chi connectivity index (χ0n) is 28.2. The lowest BCUT2D eigenvalue weighted by molar-refractivity contribution is 1.28. The van der Waals surface area contributed by atoms with Crippen LogP contribution in [0.25, 0.3) is 66.1 Å². The molecule has 0 aliphatic rings. The summed E-state index contributed by atoms with van der Waals surface area (Å²) in [5.41, 5.74) is 13.0. The number of para-hydroxylation sites is 1. The predicted molar refractivity (Wildman–Crippen MR) is 218 cm³/mol. The smallest absolute Gasteiger partial charge is 0.0540 e. The lowest BCUT2D eigenvalue weighted by Crippen LogP contribution is -2.11. The van der Waals surface area contributed by atoms with Gasteiger partial charge in [0.15, 0.2) is 0 Å². The predicted octanol–water partition coefficient (Wildman–Crippen LogP) is 14.1. The van der Waals surface area contributed by atoms with Gasteiger partial charge in [0, 0.05) is 16.9 Å². The van der Waals surface area contributed by atoms with Gasteiger partial charge < -0.3 is 4.90 Å². The lowest BCUT2D eigenvalue weighted by Gasteiger charge is -2.28.